The van der Waals surface area contributed by atoms with Crippen LogP contribution in [0.3, 0.4) is 0 Å². The van der Waals surface area contributed by atoms with Crippen LogP contribution in [0.4, 0.5) is 17.3 Å². The number of nitrogens with zero attached hydrogens (tertiary/aromatic N) is 2. The fourth-order valence-corrected chi connectivity index (χ4v) is 5.25. The molecule has 1 aromatic heterocycles. The van der Waals surface area contributed by atoms with Gasteiger partial charge in [-0.1, -0.05) is 23.8 Å². The zero-order valence-electron chi connectivity index (χ0n) is 19.8. The van der Waals surface area contributed by atoms with E-state index in [9.17, 15) is 21.6 Å². The van der Waals surface area contributed by atoms with E-state index in [1.54, 1.807) is 31.2 Å². The molecule has 0 spiro atoms. The maximum absolute atomic E-state index is 12.8. The summed E-state index contributed by atoms with van der Waals surface area (Å²) in [5, 5.41) is 2.67. The summed E-state index contributed by atoms with van der Waals surface area (Å²) in [6.07, 6.45) is 1.45. The molecule has 0 saturated heterocycles. The van der Waals surface area contributed by atoms with E-state index in [2.05, 4.69) is 24.7 Å². The van der Waals surface area contributed by atoms with E-state index in [4.69, 9.17) is 0 Å². The number of anilines is 3. The Hall–Kier alpha value is -4.29. The molecule has 4 rings (SSSR count). The molecular formula is C25H23N5O5S2. The highest BCUT2D eigenvalue weighted by Crippen LogP contribution is 2.20. The first-order chi connectivity index (χ1) is 17.5. The smallest absolute Gasteiger partial charge is 0.264 e. The van der Waals surface area contributed by atoms with Crippen molar-refractivity contribution in [2.75, 3.05) is 14.8 Å². The number of aromatic nitrogens is 2. The van der Waals surface area contributed by atoms with Crippen LogP contribution in [0.15, 0.2) is 94.9 Å². The van der Waals surface area contributed by atoms with Crippen molar-refractivity contribution in [3.8, 4) is 0 Å². The van der Waals surface area contributed by atoms with Crippen molar-refractivity contribution in [2.24, 2.45) is 0 Å². The van der Waals surface area contributed by atoms with Crippen molar-refractivity contribution in [2.45, 2.75) is 23.6 Å². The summed E-state index contributed by atoms with van der Waals surface area (Å²) < 4.78 is 55.3. The van der Waals surface area contributed by atoms with Crippen LogP contribution >= 0.6 is 0 Å². The Bertz CT molecular complexity index is 1650. The van der Waals surface area contributed by atoms with Crippen LogP contribution in [0.5, 0.6) is 0 Å². The number of amides is 1. The summed E-state index contributed by atoms with van der Waals surface area (Å²) in [5.41, 5.74) is 2.32. The quantitative estimate of drug-likeness (QED) is 0.308. The van der Waals surface area contributed by atoms with Gasteiger partial charge in [-0.3, -0.25) is 9.52 Å². The average Bonchev–Trinajstić information content (AvgIpc) is 2.84. The molecule has 10 nitrogen and oxygen atoms in total. The van der Waals surface area contributed by atoms with Crippen molar-refractivity contribution < 1.29 is 21.6 Å². The van der Waals surface area contributed by atoms with E-state index in [1.807, 2.05) is 6.92 Å². The van der Waals surface area contributed by atoms with Gasteiger partial charge in [0.1, 0.15) is 0 Å². The van der Waals surface area contributed by atoms with Gasteiger partial charge in [0, 0.05) is 28.8 Å². The maximum atomic E-state index is 12.8. The van der Waals surface area contributed by atoms with Crippen molar-refractivity contribution in [1.29, 1.82) is 0 Å². The Labute approximate surface area is 214 Å². The van der Waals surface area contributed by atoms with E-state index in [0.29, 0.717) is 11.4 Å². The lowest BCUT2D eigenvalue weighted by Gasteiger charge is -2.11. The number of rotatable bonds is 8. The van der Waals surface area contributed by atoms with Crippen molar-refractivity contribution >= 4 is 43.3 Å². The summed E-state index contributed by atoms with van der Waals surface area (Å²) in [6, 6.07) is 19.6. The summed E-state index contributed by atoms with van der Waals surface area (Å²) in [7, 11) is -7.76. The molecule has 3 N–H and O–H groups in total. The van der Waals surface area contributed by atoms with Gasteiger partial charge in [0.2, 0.25) is 5.95 Å². The standard InChI is InChI=1S/C25H23N5O5S2/c1-17-6-10-22(11-7-17)36(32,33)29-21-5-3-4-19(16-21)24(31)28-20-8-12-23(13-9-20)37(34,35)30-25-26-15-14-18(2)27-25/h3-16,29H,1-2H3,(H,28,31)(H,26,27,30). The highest BCUT2D eigenvalue weighted by atomic mass is 32.2. The fraction of sp³-hybridized carbons (Fsp3) is 0.0800. The summed E-state index contributed by atoms with van der Waals surface area (Å²) in [4.78, 5) is 20.7. The van der Waals surface area contributed by atoms with Gasteiger partial charge < -0.3 is 5.32 Å². The lowest BCUT2D eigenvalue weighted by Crippen LogP contribution is -2.16. The Morgan fingerprint density at radius 2 is 1.35 bits per heavy atom. The molecule has 190 valence electrons. The van der Waals surface area contributed by atoms with Crippen molar-refractivity contribution in [1.82, 2.24) is 9.97 Å². The van der Waals surface area contributed by atoms with Gasteiger partial charge in [0.15, 0.2) is 0 Å². The molecule has 0 aliphatic heterocycles. The number of carbonyl (C=O) groups excluding carboxylic acids is 1. The lowest BCUT2D eigenvalue weighted by atomic mass is 10.2. The second kappa shape index (κ2) is 10.4. The normalized spacial score (nSPS) is 11.5. The summed E-state index contributed by atoms with van der Waals surface area (Å²) in [5.74, 6) is -0.548. The van der Waals surface area contributed by atoms with Crippen LogP contribution in [-0.2, 0) is 20.0 Å². The minimum Gasteiger partial charge on any atom is -0.322 e. The predicted octanol–water partition coefficient (Wildman–Crippen LogP) is 3.95. The van der Waals surface area contributed by atoms with Gasteiger partial charge >= 0.3 is 0 Å². The molecule has 4 aromatic rings. The molecule has 1 heterocycles. The predicted molar refractivity (Wildman–Crippen MR) is 140 cm³/mol. The largest absolute Gasteiger partial charge is 0.322 e. The van der Waals surface area contributed by atoms with Crippen molar-refractivity contribution in [3.05, 3.63) is 102 Å². The maximum Gasteiger partial charge on any atom is 0.264 e. The molecule has 0 saturated carbocycles. The summed E-state index contributed by atoms with van der Waals surface area (Å²) >= 11 is 0. The minimum absolute atomic E-state index is 0.0388. The SMILES string of the molecule is Cc1ccc(S(=O)(=O)Nc2cccc(C(=O)Nc3ccc(S(=O)(=O)Nc4nccc(C)n4)cc3)c2)cc1. The second-order valence-corrected chi connectivity index (χ2v) is 11.5. The average molecular weight is 538 g/mol. The number of carbonyl (C=O) groups is 1. The Morgan fingerprint density at radius 3 is 2.00 bits per heavy atom. The third-order valence-corrected chi connectivity index (χ3v) is 7.89. The number of benzene rings is 3. The molecular weight excluding hydrogens is 514 g/mol. The molecule has 0 radical (unpaired) electrons. The monoisotopic (exact) mass is 537 g/mol. The van der Waals surface area contributed by atoms with Crippen LogP contribution in [-0.4, -0.2) is 32.7 Å². The first kappa shape index (κ1) is 25.8. The van der Waals surface area contributed by atoms with Crippen LogP contribution in [0, 0.1) is 13.8 Å². The topological polar surface area (TPSA) is 147 Å². The number of sulfonamides is 2. The molecule has 0 aliphatic carbocycles. The molecule has 0 bridgehead atoms. The number of hydrogen-bond acceptors (Lipinski definition) is 7. The Balaban J connectivity index is 1.44. The Kier molecular flexibility index (Phi) is 7.23. The van der Waals surface area contributed by atoms with Gasteiger partial charge in [0.05, 0.1) is 9.79 Å². The van der Waals surface area contributed by atoms with E-state index >= 15 is 0 Å². The zero-order chi connectivity index (χ0) is 26.6. The molecule has 0 unspecified atom stereocenters. The van der Waals surface area contributed by atoms with Crippen LogP contribution < -0.4 is 14.8 Å². The third kappa shape index (κ3) is 6.48. The van der Waals surface area contributed by atoms with Gasteiger partial charge in [-0.15, -0.1) is 0 Å². The van der Waals surface area contributed by atoms with E-state index in [1.165, 1.54) is 60.8 Å². The van der Waals surface area contributed by atoms with Crippen LogP contribution in [0.2, 0.25) is 0 Å². The summed E-state index contributed by atoms with van der Waals surface area (Å²) in [6.45, 7) is 3.57. The van der Waals surface area contributed by atoms with Gasteiger partial charge in [-0.2, -0.15) is 0 Å². The first-order valence-electron chi connectivity index (χ1n) is 11.0. The first-order valence-corrected chi connectivity index (χ1v) is 13.9. The van der Waals surface area contributed by atoms with E-state index in [0.717, 1.165) is 5.56 Å². The molecule has 1 amide bonds. The molecule has 0 aliphatic rings. The van der Waals surface area contributed by atoms with E-state index < -0.39 is 26.0 Å². The van der Waals surface area contributed by atoms with Crippen molar-refractivity contribution in [3.63, 3.8) is 0 Å². The minimum atomic E-state index is -3.93. The highest BCUT2D eigenvalue weighted by Gasteiger charge is 2.17. The molecule has 0 fully saturated rings. The zero-order valence-corrected chi connectivity index (χ0v) is 21.5. The Morgan fingerprint density at radius 1 is 0.730 bits per heavy atom. The van der Waals surface area contributed by atoms with E-state index in [-0.39, 0.29) is 27.0 Å². The molecule has 0 atom stereocenters. The molecule has 3 aromatic carbocycles. The molecule has 12 heteroatoms. The number of nitrogens with one attached hydrogen (secondary N) is 3. The second-order valence-electron chi connectivity index (χ2n) is 8.10. The van der Waals surface area contributed by atoms with Crippen LogP contribution in [0.25, 0.3) is 0 Å². The lowest BCUT2D eigenvalue weighted by molar-refractivity contribution is 0.102. The number of hydrogen-bond donors (Lipinski definition) is 3. The molecule has 37 heavy (non-hydrogen) atoms. The van der Waals surface area contributed by atoms with Gasteiger partial charge in [0.25, 0.3) is 26.0 Å². The number of aryl methyl sites for hydroxylation is 2. The van der Waals surface area contributed by atoms with Gasteiger partial charge in [-0.05, 0) is 74.5 Å². The van der Waals surface area contributed by atoms with Gasteiger partial charge in [-0.25, -0.2) is 31.5 Å². The third-order valence-electron chi connectivity index (χ3n) is 5.15. The highest BCUT2D eigenvalue weighted by molar-refractivity contribution is 7.93. The van der Waals surface area contributed by atoms with Crippen LogP contribution in [0.1, 0.15) is 21.6 Å². The fourth-order valence-electron chi connectivity index (χ4n) is 3.25.